The van der Waals surface area contributed by atoms with Gasteiger partial charge in [-0.15, -0.1) is 0 Å². The fraction of sp³-hybridized carbons (Fsp3) is 0.579. The number of carbonyl (C=O) groups excluding carboxylic acids is 2. The highest BCUT2D eigenvalue weighted by atomic mass is 35.5. The molecule has 2 rings (SSSR count). The van der Waals surface area contributed by atoms with E-state index in [9.17, 15) is 9.59 Å². The third-order valence-electron chi connectivity index (χ3n) is 4.38. The Morgan fingerprint density at radius 1 is 1.35 bits per heavy atom. The first kappa shape index (κ1) is 21.2. The number of ether oxygens (including phenoxy) is 2. The van der Waals surface area contributed by atoms with Crippen LogP contribution in [0.25, 0.3) is 0 Å². The van der Waals surface area contributed by atoms with Crippen molar-refractivity contribution in [1.82, 2.24) is 5.32 Å². The monoisotopic (exact) mass is 401 g/mol. The SMILES string of the molecule is CCC(=O)C(=O)NCCc1ccc(Cl)c(Cl)c1C(C)OC1CCCCO1. The Labute approximate surface area is 164 Å². The second-order valence-corrected chi connectivity index (χ2v) is 7.08. The van der Waals surface area contributed by atoms with Gasteiger partial charge in [0.25, 0.3) is 5.91 Å². The minimum Gasteiger partial charge on any atom is -0.353 e. The maximum atomic E-state index is 11.6. The van der Waals surface area contributed by atoms with Gasteiger partial charge in [-0.2, -0.15) is 0 Å². The van der Waals surface area contributed by atoms with Gasteiger partial charge >= 0.3 is 0 Å². The van der Waals surface area contributed by atoms with Gasteiger partial charge in [-0.3, -0.25) is 9.59 Å². The van der Waals surface area contributed by atoms with Crippen molar-refractivity contribution in [2.45, 2.75) is 58.3 Å². The van der Waals surface area contributed by atoms with Crippen LogP contribution in [0.2, 0.25) is 10.0 Å². The number of carbonyl (C=O) groups is 2. The summed E-state index contributed by atoms with van der Waals surface area (Å²) in [6.45, 7) is 4.61. The molecule has 1 aromatic carbocycles. The van der Waals surface area contributed by atoms with E-state index in [-0.39, 0.29) is 18.8 Å². The van der Waals surface area contributed by atoms with E-state index in [0.717, 1.165) is 30.4 Å². The van der Waals surface area contributed by atoms with E-state index in [2.05, 4.69) is 5.32 Å². The van der Waals surface area contributed by atoms with Crippen molar-refractivity contribution >= 4 is 34.9 Å². The molecule has 5 nitrogen and oxygen atoms in total. The smallest absolute Gasteiger partial charge is 0.287 e. The standard InChI is InChI=1S/C19H25Cl2NO4/c1-3-15(23)19(24)22-10-9-13-7-8-14(20)18(21)17(13)12(2)26-16-6-4-5-11-25-16/h7-8,12,16H,3-6,9-11H2,1-2H3,(H,22,24). The van der Waals surface area contributed by atoms with Gasteiger partial charge < -0.3 is 14.8 Å². The van der Waals surface area contributed by atoms with Crippen molar-refractivity contribution in [2.75, 3.05) is 13.2 Å². The van der Waals surface area contributed by atoms with Crippen LogP contribution in [-0.2, 0) is 25.5 Å². The largest absolute Gasteiger partial charge is 0.353 e. The molecule has 1 aliphatic rings. The van der Waals surface area contributed by atoms with Gasteiger partial charge in [0.05, 0.1) is 16.1 Å². The molecule has 0 aromatic heterocycles. The predicted molar refractivity (Wildman–Crippen MR) is 102 cm³/mol. The summed E-state index contributed by atoms with van der Waals surface area (Å²) in [6.07, 6.45) is 3.14. The van der Waals surface area contributed by atoms with Crippen LogP contribution in [0, 0.1) is 0 Å². The fourth-order valence-corrected chi connectivity index (χ4v) is 3.45. The van der Waals surface area contributed by atoms with E-state index >= 15 is 0 Å². The fourth-order valence-electron chi connectivity index (χ4n) is 2.95. The Morgan fingerprint density at radius 2 is 2.12 bits per heavy atom. The van der Waals surface area contributed by atoms with Gasteiger partial charge in [-0.1, -0.05) is 36.2 Å². The molecular formula is C19H25Cl2NO4. The second-order valence-electron chi connectivity index (χ2n) is 6.29. The first-order valence-electron chi connectivity index (χ1n) is 8.98. The molecule has 0 radical (unpaired) electrons. The summed E-state index contributed by atoms with van der Waals surface area (Å²) in [5.41, 5.74) is 1.72. The van der Waals surface area contributed by atoms with E-state index in [0.29, 0.717) is 29.6 Å². The Kier molecular flexibility index (Phi) is 8.35. The molecule has 1 amide bonds. The minimum absolute atomic E-state index is 0.191. The van der Waals surface area contributed by atoms with Crippen molar-refractivity contribution in [3.05, 3.63) is 33.3 Å². The highest BCUT2D eigenvalue weighted by molar-refractivity contribution is 6.42. The minimum atomic E-state index is -0.561. The average Bonchev–Trinajstić information content (AvgIpc) is 2.64. The molecule has 1 aromatic rings. The molecule has 0 bridgehead atoms. The lowest BCUT2D eigenvalue weighted by atomic mass is 10.00. The van der Waals surface area contributed by atoms with Crippen molar-refractivity contribution in [2.24, 2.45) is 0 Å². The molecule has 1 fully saturated rings. The molecular weight excluding hydrogens is 377 g/mol. The maximum Gasteiger partial charge on any atom is 0.287 e. The molecule has 0 spiro atoms. The summed E-state index contributed by atoms with van der Waals surface area (Å²) in [5.74, 6) is -0.987. The van der Waals surface area contributed by atoms with Gasteiger partial charge in [0, 0.05) is 25.1 Å². The number of benzene rings is 1. The number of ketones is 1. The average molecular weight is 402 g/mol. The van der Waals surface area contributed by atoms with Gasteiger partial charge in [0.1, 0.15) is 0 Å². The van der Waals surface area contributed by atoms with E-state index in [1.54, 1.807) is 13.0 Å². The topological polar surface area (TPSA) is 64.6 Å². The zero-order valence-electron chi connectivity index (χ0n) is 15.1. The molecule has 0 aliphatic carbocycles. The van der Waals surface area contributed by atoms with E-state index in [1.165, 1.54) is 0 Å². The first-order chi connectivity index (χ1) is 12.4. The summed E-state index contributed by atoms with van der Waals surface area (Å²) in [4.78, 5) is 23.0. The number of Topliss-reactive ketones (excluding diaryl/α,β-unsaturated/α-hetero) is 1. The summed E-state index contributed by atoms with van der Waals surface area (Å²) in [5, 5.41) is 3.54. The Hall–Kier alpha value is -1.14. The Balaban J connectivity index is 2.07. The lowest BCUT2D eigenvalue weighted by molar-refractivity contribution is -0.186. The zero-order chi connectivity index (χ0) is 19.1. The highest BCUT2D eigenvalue weighted by Gasteiger charge is 2.23. The molecule has 7 heteroatoms. The normalized spacial score (nSPS) is 18.4. The van der Waals surface area contributed by atoms with Crippen LogP contribution in [0.1, 0.15) is 56.8 Å². The lowest BCUT2D eigenvalue weighted by Crippen LogP contribution is -2.32. The number of amides is 1. The van der Waals surface area contributed by atoms with E-state index in [1.807, 2.05) is 13.0 Å². The lowest BCUT2D eigenvalue weighted by Gasteiger charge is -2.28. The van der Waals surface area contributed by atoms with Gasteiger partial charge in [-0.25, -0.2) is 0 Å². The number of rotatable bonds is 8. The molecule has 1 heterocycles. The van der Waals surface area contributed by atoms with Crippen LogP contribution in [0.5, 0.6) is 0 Å². The quantitative estimate of drug-likeness (QED) is 0.661. The molecule has 1 N–H and O–H groups in total. The summed E-state index contributed by atoms with van der Waals surface area (Å²) < 4.78 is 11.7. The Bertz CT molecular complexity index is 645. The molecule has 2 unspecified atom stereocenters. The van der Waals surface area contributed by atoms with Crippen LogP contribution in [0.3, 0.4) is 0 Å². The van der Waals surface area contributed by atoms with Crippen molar-refractivity contribution < 1.29 is 19.1 Å². The van der Waals surface area contributed by atoms with Gasteiger partial charge in [-0.05, 0) is 44.2 Å². The molecule has 26 heavy (non-hydrogen) atoms. The van der Waals surface area contributed by atoms with Crippen LogP contribution in [-0.4, -0.2) is 31.1 Å². The summed E-state index contributed by atoms with van der Waals surface area (Å²) in [7, 11) is 0. The van der Waals surface area contributed by atoms with E-state index in [4.69, 9.17) is 32.7 Å². The van der Waals surface area contributed by atoms with E-state index < -0.39 is 11.7 Å². The third kappa shape index (κ3) is 5.68. The molecule has 1 aliphatic heterocycles. The van der Waals surface area contributed by atoms with Gasteiger partial charge in [0.2, 0.25) is 5.78 Å². The maximum absolute atomic E-state index is 11.6. The molecule has 2 atom stereocenters. The number of hydrogen-bond donors (Lipinski definition) is 1. The van der Waals surface area contributed by atoms with Crippen LogP contribution < -0.4 is 5.32 Å². The predicted octanol–water partition coefficient (Wildman–Crippen LogP) is 4.24. The second kappa shape index (κ2) is 10.3. The van der Waals surface area contributed by atoms with Crippen molar-refractivity contribution in [3.63, 3.8) is 0 Å². The highest BCUT2D eigenvalue weighted by Crippen LogP contribution is 2.36. The molecule has 144 valence electrons. The summed E-state index contributed by atoms with van der Waals surface area (Å²) in [6, 6.07) is 3.60. The summed E-state index contributed by atoms with van der Waals surface area (Å²) >= 11 is 12.6. The van der Waals surface area contributed by atoms with Crippen LogP contribution in [0.4, 0.5) is 0 Å². The van der Waals surface area contributed by atoms with Crippen molar-refractivity contribution in [3.8, 4) is 0 Å². The molecule has 0 saturated carbocycles. The zero-order valence-corrected chi connectivity index (χ0v) is 16.7. The Morgan fingerprint density at radius 3 is 2.77 bits per heavy atom. The van der Waals surface area contributed by atoms with Gasteiger partial charge in [0.15, 0.2) is 6.29 Å². The number of hydrogen-bond acceptors (Lipinski definition) is 4. The van der Waals surface area contributed by atoms with Crippen LogP contribution in [0.15, 0.2) is 12.1 Å². The van der Waals surface area contributed by atoms with Crippen LogP contribution >= 0.6 is 23.2 Å². The first-order valence-corrected chi connectivity index (χ1v) is 9.74. The number of nitrogens with one attached hydrogen (secondary N) is 1. The number of halogens is 2. The molecule has 1 saturated heterocycles. The van der Waals surface area contributed by atoms with Crippen molar-refractivity contribution in [1.29, 1.82) is 0 Å². The third-order valence-corrected chi connectivity index (χ3v) is 5.20.